The van der Waals surface area contributed by atoms with Gasteiger partial charge in [-0.25, -0.2) is 0 Å². The summed E-state index contributed by atoms with van der Waals surface area (Å²) in [6.07, 6.45) is 7.40. The van der Waals surface area contributed by atoms with Gasteiger partial charge in [0.15, 0.2) is 5.71 Å². The molecular weight excluding hydrogens is 266 g/mol. The number of hydrogen-bond acceptors (Lipinski definition) is 0. The maximum atomic E-state index is 3.96. The second-order valence-corrected chi connectivity index (χ2v) is 6.03. The molecule has 1 unspecified atom stereocenters. The van der Waals surface area contributed by atoms with Crippen LogP contribution in [0.3, 0.4) is 0 Å². The first-order chi connectivity index (χ1) is 10.7. The van der Waals surface area contributed by atoms with Gasteiger partial charge in [0.05, 0.1) is 5.41 Å². The van der Waals surface area contributed by atoms with E-state index in [4.69, 9.17) is 0 Å². The fraction of sp³-hybridized carbons (Fsp3) is 0.190. The first kappa shape index (κ1) is 14.5. The number of benzene rings is 2. The van der Waals surface area contributed by atoms with Gasteiger partial charge in [-0.05, 0) is 25.0 Å². The highest BCUT2D eigenvalue weighted by Crippen LogP contribution is 2.42. The Morgan fingerprint density at radius 3 is 2.41 bits per heavy atom. The summed E-state index contributed by atoms with van der Waals surface area (Å²) in [4.78, 5) is 0. The predicted octanol–water partition coefficient (Wildman–Crippen LogP) is 4.96. The Labute approximate surface area is 132 Å². The van der Waals surface area contributed by atoms with Gasteiger partial charge in [-0.1, -0.05) is 54.6 Å². The minimum Gasteiger partial charge on any atom is -0.198 e. The number of allylic oxidation sites excluding steroid dienone is 2. The quantitative estimate of drug-likeness (QED) is 0.552. The number of fused-ring (bicyclic) bond motifs is 1. The molecular formula is C21H22N+. The van der Waals surface area contributed by atoms with Crippen LogP contribution in [0.5, 0.6) is 0 Å². The molecule has 0 amide bonds. The molecule has 0 radical (unpaired) electrons. The van der Waals surface area contributed by atoms with Crippen molar-refractivity contribution in [3.05, 3.63) is 84.5 Å². The lowest BCUT2D eigenvalue weighted by Gasteiger charge is -2.20. The first-order valence-corrected chi connectivity index (χ1v) is 7.71. The molecule has 0 fully saturated rings. The van der Waals surface area contributed by atoms with E-state index in [0.29, 0.717) is 0 Å². The molecule has 1 nitrogen and oxygen atoms in total. The number of para-hydroxylation sites is 1. The maximum absolute atomic E-state index is 3.96. The zero-order valence-corrected chi connectivity index (χ0v) is 13.3. The summed E-state index contributed by atoms with van der Waals surface area (Å²) in [5, 5.41) is 0. The highest BCUT2D eigenvalue weighted by molar-refractivity contribution is 6.05. The molecule has 0 aromatic heterocycles. The van der Waals surface area contributed by atoms with E-state index >= 15 is 0 Å². The monoisotopic (exact) mass is 288 g/mol. The van der Waals surface area contributed by atoms with Crippen LogP contribution in [0.2, 0.25) is 0 Å². The minimum absolute atomic E-state index is 0.0155. The molecule has 0 aliphatic carbocycles. The van der Waals surface area contributed by atoms with Gasteiger partial charge in [-0.2, -0.15) is 4.58 Å². The van der Waals surface area contributed by atoms with Crippen molar-refractivity contribution in [2.45, 2.75) is 18.8 Å². The Hall–Kier alpha value is -2.41. The van der Waals surface area contributed by atoms with Crippen LogP contribution in [0.15, 0.2) is 73.3 Å². The summed E-state index contributed by atoms with van der Waals surface area (Å²) in [6.45, 7) is 6.27. The predicted molar refractivity (Wildman–Crippen MR) is 94.9 cm³/mol. The molecule has 22 heavy (non-hydrogen) atoms. The molecule has 110 valence electrons. The van der Waals surface area contributed by atoms with Crippen LogP contribution in [-0.4, -0.2) is 17.3 Å². The fourth-order valence-corrected chi connectivity index (χ4v) is 3.41. The normalized spacial score (nSPS) is 20.5. The Bertz CT molecular complexity index is 752. The van der Waals surface area contributed by atoms with Gasteiger partial charge >= 0.3 is 0 Å². The van der Waals surface area contributed by atoms with E-state index in [1.807, 2.05) is 12.1 Å². The van der Waals surface area contributed by atoms with Gasteiger partial charge in [-0.3, -0.25) is 0 Å². The molecule has 0 saturated carbocycles. The van der Waals surface area contributed by atoms with Crippen molar-refractivity contribution in [3.8, 4) is 0 Å². The summed E-state index contributed by atoms with van der Waals surface area (Å²) < 4.78 is 2.30. The van der Waals surface area contributed by atoms with E-state index in [-0.39, 0.29) is 5.41 Å². The standard InChI is InChI=1S/C21H22N/c1-4-16-21(2)18-12-8-9-13-19(18)22(3)20(21)15-14-17-10-6-5-7-11-17/h4-15H,1,16H2,2-3H3/q+1/b15-14+. The van der Waals surface area contributed by atoms with Gasteiger partial charge in [0.2, 0.25) is 5.69 Å². The van der Waals surface area contributed by atoms with Gasteiger partial charge in [0, 0.05) is 17.7 Å². The SMILES string of the molecule is C=CCC1(C)C(/C=C/c2ccccc2)=[N+](C)c2ccccc21. The van der Waals surface area contributed by atoms with Crippen molar-refractivity contribution in [1.29, 1.82) is 0 Å². The van der Waals surface area contributed by atoms with E-state index in [1.54, 1.807) is 0 Å². The van der Waals surface area contributed by atoms with Crippen molar-refractivity contribution in [1.82, 2.24) is 0 Å². The third-order valence-electron chi connectivity index (χ3n) is 4.57. The number of nitrogens with zero attached hydrogens (tertiary/aromatic N) is 1. The maximum Gasteiger partial charge on any atom is 0.209 e. The molecule has 3 rings (SSSR count). The van der Waals surface area contributed by atoms with E-state index in [9.17, 15) is 0 Å². The zero-order chi connectivity index (χ0) is 15.6. The van der Waals surface area contributed by atoms with Crippen LogP contribution in [0.1, 0.15) is 24.5 Å². The molecule has 1 heteroatoms. The van der Waals surface area contributed by atoms with Crippen LogP contribution in [0.25, 0.3) is 6.08 Å². The van der Waals surface area contributed by atoms with Crippen LogP contribution in [-0.2, 0) is 5.41 Å². The van der Waals surface area contributed by atoms with Crippen LogP contribution in [0.4, 0.5) is 5.69 Å². The number of rotatable bonds is 4. The summed E-state index contributed by atoms with van der Waals surface area (Å²) in [7, 11) is 2.15. The molecule has 0 saturated heterocycles. The van der Waals surface area contributed by atoms with Crippen molar-refractivity contribution in [2.75, 3.05) is 7.05 Å². The first-order valence-electron chi connectivity index (χ1n) is 7.71. The third kappa shape index (κ3) is 2.33. The molecule has 2 aromatic carbocycles. The lowest BCUT2D eigenvalue weighted by atomic mass is 9.76. The molecule has 1 atom stereocenters. The van der Waals surface area contributed by atoms with Crippen molar-refractivity contribution in [2.24, 2.45) is 0 Å². The van der Waals surface area contributed by atoms with Gasteiger partial charge < -0.3 is 0 Å². The smallest absolute Gasteiger partial charge is 0.198 e. The Morgan fingerprint density at radius 2 is 1.68 bits per heavy atom. The summed E-state index contributed by atoms with van der Waals surface area (Å²) >= 11 is 0. The largest absolute Gasteiger partial charge is 0.209 e. The van der Waals surface area contributed by atoms with Crippen molar-refractivity contribution < 1.29 is 4.58 Å². The summed E-state index contributed by atoms with van der Waals surface area (Å²) in [6, 6.07) is 19.1. The molecule has 0 spiro atoms. The molecule has 2 aromatic rings. The van der Waals surface area contributed by atoms with Gasteiger partial charge in [0.1, 0.15) is 7.05 Å². The minimum atomic E-state index is -0.0155. The lowest BCUT2D eigenvalue weighted by Crippen LogP contribution is -2.29. The third-order valence-corrected chi connectivity index (χ3v) is 4.57. The van der Waals surface area contributed by atoms with Gasteiger partial charge in [0.25, 0.3) is 0 Å². The summed E-state index contributed by atoms with van der Waals surface area (Å²) in [5.74, 6) is 0. The van der Waals surface area contributed by atoms with Crippen molar-refractivity contribution >= 4 is 17.5 Å². The second-order valence-electron chi connectivity index (χ2n) is 6.03. The molecule has 1 aliphatic rings. The average Bonchev–Trinajstić information content (AvgIpc) is 2.76. The molecule has 0 N–H and O–H groups in total. The highest BCUT2D eigenvalue weighted by Gasteiger charge is 2.45. The molecule has 1 aliphatic heterocycles. The Kier molecular flexibility index (Phi) is 3.81. The average molecular weight is 288 g/mol. The van der Waals surface area contributed by atoms with E-state index in [0.717, 1.165) is 6.42 Å². The van der Waals surface area contributed by atoms with E-state index in [1.165, 1.54) is 22.5 Å². The highest BCUT2D eigenvalue weighted by atomic mass is 15.0. The zero-order valence-electron chi connectivity index (χ0n) is 13.3. The van der Waals surface area contributed by atoms with Crippen molar-refractivity contribution in [3.63, 3.8) is 0 Å². The second kappa shape index (κ2) is 5.76. The molecule has 0 bridgehead atoms. The van der Waals surface area contributed by atoms with Crippen LogP contribution in [0, 0.1) is 0 Å². The van der Waals surface area contributed by atoms with Crippen LogP contribution >= 0.6 is 0 Å². The van der Waals surface area contributed by atoms with Crippen LogP contribution < -0.4 is 0 Å². The van der Waals surface area contributed by atoms with E-state index in [2.05, 4.69) is 85.8 Å². The molecule has 1 heterocycles. The fourth-order valence-electron chi connectivity index (χ4n) is 3.41. The Morgan fingerprint density at radius 1 is 1.00 bits per heavy atom. The summed E-state index contributed by atoms with van der Waals surface area (Å²) in [5.41, 5.74) is 5.20. The van der Waals surface area contributed by atoms with Gasteiger partial charge in [-0.15, -0.1) is 6.58 Å². The Balaban J connectivity index is 2.07. The van der Waals surface area contributed by atoms with E-state index < -0.39 is 0 Å². The topological polar surface area (TPSA) is 3.01 Å². The lowest BCUT2D eigenvalue weighted by molar-refractivity contribution is -0.401. The number of hydrogen-bond donors (Lipinski definition) is 0.